The Bertz CT molecular complexity index is 1180. The minimum Gasteiger partial charge on any atom is -0.350 e. The molecule has 31 heavy (non-hydrogen) atoms. The molecule has 0 unspecified atom stereocenters. The van der Waals surface area contributed by atoms with Gasteiger partial charge in [0.05, 0.1) is 5.75 Å². The Kier molecular flexibility index (Phi) is 6.69. The number of rotatable bonds is 8. The van der Waals surface area contributed by atoms with Gasteiger partial charge in [-0.3, -0.25) is 9.59 Å². The Balaban J connectivity index is 1.38. The van der Waals surface area contributed by atoms with Gasteiger partial charge in [-0.15, -0.1) is 23.1 Å². The number of thiazole rings is 1. The van der Waals surface area contributed by atoms with Crippen LogP contribution < -0.4 is 10.6 Å². The molecule has 2 aromatic carbocycles. The van der Waals surface area contributed by atoms with Crippen molar-refractivity contribution in [2.45, 2.75) is 18.4 Å². The van der Waals surface area contributed by atoms with Crippen LogP contribution >= 0.6 is 23.1 Å². The summed E-state index contributed by atoms with van der Waals surface area (Å²) >= 11 is 2.89. The second-order valence-corrected chi connectivity index (χ2v) is 8.91. The molecule has 158 valence electrons. The maximum Gasteiger partial charge on any atom is 0.251 e. The van der Waals surface area contributed by atoms with Gasteiger partial charge in [0.1, 0.15) is 0 Å². The highest BCUT2D eigenvalue weighted by Crippen LogP contribution is 2.30. The molecule has 6 nitrogen and oxygen atoms in total. The molecule has 0 aliphatic carbocycles. The summed E-state index contributed by atoms with van der Waals surface area (Å²) in [6.45, 7) is 3.15. The van der Waals surface area contributed by atoms with E-state index in [1.165, 1.54) is 23.1 Å². The largest absolute Gasteiger partial charge is 0.350 e. The molecule has 0 spiro atoms. The molecule has 0 radical (unpaired) electrons. The molecule has 0 aliphatic heterocycles. The normalized spacial score (nSPS) is 10.9. The van der Waals surface area contributed by atoms with Crippen molar-refractivity contribution >= 4 is 50.9 Å². The van der Waals surface area contributed by atoms with Gasteiger partial charge in [-0.1, -0.05) is 35.9 Å². The van der Waals surface area contributed by atoms with Crippen LogP contribution in [0.3, 0.4) is 0 Å². The topological polar surface area (TPSA) is 76.0 Å². The quantitative estimate of drug-likeness (QED) is 0.386. The zero-order chi connectivity index (χ0) is 21.6. The summed E-state index contributed by atoms with van der Waals surface area (Å²) in [5.74, 6) is 0.143. The number of thioether (sulfide) groups is 1. The van der Waals surface area contributed by atoms with E-state index in [0.29, 0.717) is 29.5 Å². The molecule has 2 heterocycles. The molecule has 2 aromatic heterocycles. The summed E-state index contributed by atoms with van der Waals surface area (Å²) in [6.07, 6.45) is 3.71. The molecule has 0 saturated carbocycles. The van der Waals surface area contributed by atoms with Gasteiger partial charge in [-0.25, -0.2) is 4.98 Å². The number of nitrogens with one attached hydrogen (secondary N) is 2. The number of carbonyl (C=O) groups excluding carboxylic acids is 2. The Labute approximate surface area is 188 Å². The first-order valence-electron chi connectivity index (χ1n) is 9.85. The van der Waals surface area contributed by atoms with E-state index in [9.17, 15) is 9.59 Å². The van der Waals surface area contributed by atoms with Crippen molar-refractivity contribution in [3.63, 3.8) is 0 Å². The van der Waals surface area contributed by atoms with Gasteiger partial charge >= 0.3 is 0 Å². The van der Waals surface area contributed by atoms with E-state index in [4.69, 9.17) is 0 Å². The Morgan fingerprint density at radius 3 is 2.71 bits per heavy atom. The second-order valence-electron chi connectivity index (χ2n) is 7.00. The van der Waals surface area contributed by atoms with Gasteiger partial charge in [-0.2, -0.15) is 0 Å². The molecular weight excluding hydrogens is 428 g/mol. The first-order valence-corrected chi connectivity index (χ1v) is 11.7. The van der Waals surface area contributed by atoms with E-state index in [2.05, 4.69) is 32.3 Å². The molecule has 0 bridgehead atoms. The van der Waals surface area contributed by atoms with E-state index in [0.717, 1.165) is 21.4 Å². The first kappa shape index (κ1) is 21.1. The number of para-hydroxylation sites is 1. The smallest absolute Gasteiger partial charge is 0.251 e. The zero-order valence-corrected chi connectivity index (χ0v) is 18.6. The third-order valence-corrected chi connectivity index (χ3v) is 6.47. The molecule has 4 aromatic rings. The third kappa shape index (κ3) is 5.34. The lowest BCUT2D eigenvalue weighted by molar-refractivity contribution is -0.113. The number of hydrogen-bond acceptors (Lipinski definition) is 5. The summed E-state index contributed by atoms with van der Waals surface area (Å²) < 4.78 is 2.12. The number of anilines is 1. The van der Waals surface area contributed by atoms with Crippen molar-refractivity contribution < 1.29 is 9.59 Å². The Morgan fingerprint density at radius 1 is 1.13 bits per heavy atom. The third-order valence-electron chi connectivity index (χ3n) is 4.74. The SMILES string of the molecule is Cc1ccc(C(=O)NCCn2cc(SCC(=O)Nc3nccs3)c3ccccc32)cc1. The van der Waals surface area contributed by atoms with Gasteiger partial charge in [-0.05, 0) is 25.1 Å². The summed E-state index contributed by atoms with van der Waals surface area (Å²) in [7, 11) is 0. The van der Waals surface area contributed by atoms with Crippen LogP contribution in [0.15, 0.2) is 71.2 Å². The van der Waals surface area contributed by atoms with Crippen LogP contribution in [0.1, 0.15) is 15.9 Å². The monoisotopic (exact) mass is 450 g/mol. The Hall–Kier alpha value is -3.10. The van der Waals surface area contributed by atoms with Gasteiger partial charge in [0.15, 0.2) is 5.13 Å². The van der Waals surface area contributed by atoms with Crippen LogP contribution in [-0.4, -0.2) is 33.7 Å². The second kappa shape index (κ2) is 9.80. The number of amides is 2. The molecule has 2 amide bonds. The standard InChI is InChI=1S/C23H22N4O2S2/c1-16-6-8-17(9-7-16)22(29)24-10-12-27-14-20(18-4-2-3-5-19(18)27)31-15-21(28)26-23-25-11-13-30-23/h2-9,11,13-14H,10,12,15H2,1H3,(H,24,29)(H,25,26,28). The molecule has 0 saturated heterocycles. The van der Waals surface area contributed by atoms with E-state index in [1.807, 2.05) is 54.9 Å². The van der Waals surface area contributed by atoms with Crippen molar-refractivity contribution in [1.82, 2.24) is 14.9 Å². The predicted octanol–water partition coefficient (Wildman–Crippen LogP) is 4.57. The maximum absolute atomic E-state index is 12.3. The lowest BCUT2D eigenvalue weighted by Gasteiger charge is -2.08. The van der Waals surface area contributed by atoms with Gasteiger partial charge in [0, 0.05) is 52.2 Å². The average Bonchev–Trinajstić information content (AvgIpc) is 3.41. The Morgan fingerprint density at radius 2 is 1.94 bits per heavy atom. The van der Waals surface area contributed by atoms with Crippen LogP contribution in [0, 0.1) is 6.92 Å². The van der Waals surface area contributed by atoms with Gasteiger partial charge < -0.3 is 15.2 Å². The summed E-state index contributed by atoms with van der Waals surface area (Å²) in [6, 6.07) is 15.6. The number of aryl methyl sites for hydroxylation is 1. The fourth-order valence-electron chi connectivity index (χ4n) is 3.19. The van der Waals surface area contributed by atoms with E-state index >= 15 is 0 Å². The number of nitrogens with zero attached hydrogens (tertiary/aromatic N) is 2. The maximum atomic E-state index is 12.3. The summed E-state index contributed by atoms with van der Waals surface area (Å²) in [5, 5.41) is 9.32. The lowest BCUT2D eigenvalue weighted by atomic mass is 10.1. The number of carbonyl (C=O) groups is 2. The minimum atomic E-state index is -0.0813. The number of aromatic nitrogens is 2. The van der Waals surface area contributed by atoms with Crippen molar-refractivity contribution in [3.8, 4) is 0 Å². The minimum absolute atomic E-state index is 0.0788. The summed E-state index contributed by atoms with van der Waals surface area (Å²) in [5.41, 5.74) is 2.86. The lowest BCUT2D eigenvalue weighted by Crippen LogP contribution is -2.27. The zero-order valence-electron chi connectivity index (χ0n) is 17.0. The van der Waals surface area contributed by atoms with Crippen LogP contribution in [0.4, 0.5) is 5.13 Å². The van der Waals surface area contributed by atoms with E-state index < -0.39 is 0 Å². The van der Waals surface area contributed by atoms with Crippen LogP contribution in [0.25, 0.3) is 10.9 Å². The average molecular weight is 451 g/mol. The molecule has 0 atom stereocenters. The van der Waals surface area contributed by atoms with Gasteiger partial charge in [0.25, 0.3) is 5.91 Å². The van der Waals surface area contributed by atoms with Crippen molar-refractivity contribution in [2.24, 2.45) is 0 Å². The first-order chi connectivity index (χ1) is 15.1. The number of fused-ring (bicyclic) bond motifs is 1. The van der Waals surface area contributed by atoms with Gasteiger partial charge in [0.2, 0.25) is 5.91 Å². The van der Waals surface area contributed by atoms with E-state index in [1.54, 1.807) is 6.20 Å². The summed E-state index contributed by atoms with van der Waals surface area (Å²) in [4.78, 5) is 29.7. The van der Waals surface area contributed by atoms with Crippen molar-refractivity contribution in [3.05, 3.63) is 77.4 Å². The molecule has 2 N–H and O–H groups in total. The fraction of sp³-hybridized carbons (Fsp3) is 0.174. The van der Waals surface area contributed by atoms with Crippen molar-refractivity contribution in [1.29, 1.82) is 0 Å². The number of benzene rings is 2. The molecule has 0 fully saturated rings. The molecule has 8 heteroatoms. The molecular formula is C23H22N4O2S2. The molecule has 4 rings (SSSR count). The van der Waals surface area contributed by atoms with Crippen LogP contribution in [0.2, 0.25) is 0 Å². The fourth-order valence-corrected chi connectivity index (χ4v) is 4.63. The highest BCUT2D eigenvalue weighted by Gasteiger charge is 2.12. The highest BCUT2D eigenvalue weighted by atomic mass is 32.2. The predicted molar refractivity (Wildman–Crippen MR) is 127 cm³/mol. The highest BCUT2D eigenvalue weighted by molar-refractivity contribution is 8.00. The van der Waals surface area contributed by atoms with Crippen LogP contribution in [0.5, 0.6) is 0 Å². The number of hydrogen-bond donors (Lipinski definition) is 2. The van der Waals surface area contributed by atoms with E-state index in [-0.39, 0.29) is 11.8 Å². The van der Waals surface area contributed by atoms with Crippen LogP contribution in [-0.2, 0) is 11.3 Å². The molecule has 0 aliphatic rings. The van der Waals surface area contributed by atoms with Crippen molar-refractivity contribution in [2.75, 3.05) is 17.6 Å².